The second kappa shape index (κ2) is 7.31. The Bertz CT molecular complexity index is 431. The van der Waals surface area contributed by atoms with Gasteiger partial charge in [-0.3, -0.25) is 0 Å². The number of hydrogen-bond acceptors (Lipinski definition) is 2. The van der Waals surface area contributed by atoms with E-state index in [2.05, 4.69) is 29.2 Å². The van der Waals surface area contributed by atoms with E-state index in [-0.39, 0.29) is 0 Å². The van der Waals surface area contributed by atoms with Crippen LogP contribution in [-0.4, -0.2) is 31.6 Å². The van der Waals surface area contributed by atoms with Gasteiger partial charge in [0.25, 0.3) is 0 Å². The summed E-state index contributed by atoms with van der Waals surface area (Å²) < 4.78 is 5.53. The quantitative estimate of drug-likeness (QED) is 0.811. The SMILES string of the molecule is COc1ccccc1C1CCN(CC2CCCCC2)CC1. The molecule has 1 heterocycles. The lowest BCUT2D eigenvalue weighted by molar-refractivity contribution is 0.163. The lowest BCUT2D eigenvalue weighted by Gasteiger charge is -2.35. The van der Waals surface area contributed by atoms with Crippen LogP contribution in [0.4, 0.5) is 0 Å². The first kappa shape index (κ1) is 14.9. The predicted octanol–water partition coefficient (Wildman–Crippen LogP) is 4.45. The Balaban J connectivity index is 1.52. The smallest absolute Gasteiger partial charge is 0.122 e. The average molecular weight is 287 g/mol. The van der Waals surface area contributed by atoms with Crippen molar-refractivity contribution in [3.63, 3.8) is 0 Å². The van der Waals surface area contributed by atoms with E-state index in [1.807, 2.05) is 0 Å². The van der Waals surface area contributed by atoms with Crippen molar-refractivity contribution in [3.05, 3.63) is 29.8 Å². The van der Waals surface area contributed by atoms with Gasteiger partial charge in [0.15, 0.2) is 0 Å². The summed E-state index contributed by atoms with van der Waals surface area (Å²) in [4.78, 5) is 2.71. The molecule has 1 aromatic carbocycles. The van der Waals surface area contributed by atoms with E-state index in [0.717, 1.165) is 11.7 Å². The minimum absolute atomic E-state index is 0.684. The summed E-state index contributed by atoms with van der Waals surface area (Å²) in [6.07, 6.45) is 9.89. The van der Waals surface area contributed by atoms with Crippen LogP contribution in [-0.2, 0) is 0 Å². The molecule has 1 saturated heterocycles. The van der Waals surface area contributed by atoms with Crippen LogP contribution in [0.5, 0.6) is 5.75 Å². The third kappa shape index (κ3) is 3.79. The normalized spacial score (nSPS) is 22.3. The van der Waals surface area contributed by atoms with Crippen LogP contribution in [0.2, 0.25) is 0 Å². The fourth-order valence-electron chi connectivity index (χ4n) is 4.17. The number of hydrogen-bond donors (Lipinski definition) is 0. The van der Waals surface area contributed by atoms with E-state index in [1.165, 1.54) is 70.1 Å². The summed E-state index contributed by atoms with van der Waals surface area (Å²) >= 11 is 0. The fraction of sp³-hybridized carbons (Fsp3) is 0.684. The Morgan fingerprint density at radius 2 is 1.71 bits per heavy atom. The van der Waals surface area contributed by atoms with Gasteiger partial charge in [-0.05, 0) is 62.2 Å². The maximum atomic E-state index is 5.53. The zero-order valence-corrected chi connectivity index (χ0v) is 13.4. The molecule has 1 saturated carbocycles. The lowest BCUT2D eigenvalue weighted by atomic mass is 9.86. The van der Waals surface area contributed by atoms with E-state index < -0.39 is 0 Å². The number of para-hydroxylation sites is 1. The number of methoxy groups -OCH3 is 1. The molecule has 3 rings (SSSR count). The maximum Gasteiger partial charge on any atom is 0.122 e. The van der Waals surface area contributed by atoms with Gasteiger partial charge in [-0.15, -0.1) is 0 Å². The largest absolute Gasteiger partial charge is 0.496 e. The molecule has 2 heteroatoms. The van der Waals surface area contributed by atoms with Gasteiger partial charge in [-0.25, -0.2) is 0 Å². The van der Waals surface area contributed by atoms with Gasteiger partial charge in [-0.2, -0.15) is 0 Å². The Hall–Kier alpha value is -1.02. The van der Waals surface area contributed by atoms with Crippen LogP contribution < -0.4 is 4.74 Å². The van der Waals surface area contributed by atoms with Crippen molar-refractivity contribution in [1.29, 1.82) is 0 Å². The van der Waals surface area contributed by atoms with E-state index in [1.54, 1.807) is 7.11 Å². The summed E-state index contributed by atoms with van der Waals surface area (Å²) in [6.45, 7) is 3.87. The van der Waals surface area contributed by atoms with Crippen LogP contribution in [0.1, 0.15) is 56.4 Å². The topological polar surface area (TPSA) is 12.5 Å². The highest BCUT2D eigenvalue weighted by molar-refractivity contribution is 5.36. The highest BCUT2D eigenvalue weighted by atomic mass is 16.5. The molecule has 2 fully saturated rings. The molecule has 0 unspecified atom stereocenters. The van der Waals surface area contributed by atoms with Crippen molar-refractivity contribution in [2.75, 3.05) is 26.7 Å². The molecule has 21 heavy (non-hydrogen) atoms. The Kier molecular flexibility index (Phi) is 5.18. The highest BCUT2D eigenvalue weighted by Gasteiger charge is 2.24. The van der Waals surface area contributed by atoms with Crippen LogP contribution in [0.15, 0.2) is 24.3 Å². The number of nitrogens with zero attached hydrogens (tertiary/aromatic N) is 1. The Labute approximate surface area is 129 Å². The van der Waals surface area contributed by atoms with Gasteiger partial charge in [0.2, 0.25) is 0 Å². The molecule has 1 aliphatic carbocycles. The molecular weight excluding hydrogens is 258 g/mol. The van der Waals surface area contributed by atoms with E-state index in [9.17, 15) is 0 Å². The molecule has 2 nitrogen and oxygen atoms in total. The molecule has 116 valence electrons. The van der Waals surface area contributed by atoms with Crippen molar-refractivity contribution < 1.29 is 4.74 Å². The minimum atomic E-state index is 0.684. The van der Waals surface area contributed by atoms with Crippen LogP contribution in [0, 0.1) is 5.92 Å². The number of ether oxygens (including phenoxy) is 1. The Morgan fingerprint density at radius 1 is 1.00 bits per heavy atom. The van der Waals surface area contributed by atoms with Crippen molar-refractivity contribution in [1.82, 2.24) is 4.90 Å². The maximum absolute atomic E-state index is 5.53. The second-order valence-corrected chi connectivity index (χ2v) is 6.82. The third-order valence-corrected chi connectivity index (χ3v) is 5.41. The summed E-state index contributed by atoms with van der Waals surface area (Å²) in [7, 11) is 1.79. The first-order valence-corrected chi connectivity index (χ1v) is 8.72. The molecular formula is C19H29NO. The minimum Gasteiger partial charge on any atom is -0.496 e. The molecule has 0 atom stereocenters. The Morgan fingerprint density at radius 3 is 2.43 bits per heavy atom. The molecule has 0 radical (unpaired) electrons. The van der Waals surface area contributed by atoms with Gasteiger partial charge >= 0.3 is 0 Å². The van der Waals surface area contributed by atoms with Crippen LogP contribution in [0.25, 0.3) is 0 Å². The molecule has 0 spiro atoms. The fourth-order valence-corrected chi connectivity index (χ4v) is 4.17. The highest BCUT2D eigenvalue weighted by Crippen LogP contribution is 2.34. The average Bonchev–Trinajstić information content (AvgIpc) is 2.56. The molecule has 2 aliphatic rings. The molecule has 1 aromatic rings. The lowest BCUT2D eigenvalue weighted by Crippen LogP contribution is -2.37. The van der Waals surface area contributed by atoms with Crippen LogP contribution in [0.3, 0.4) is 0 Å². The van der Waals surface area contributed by atoms with Crippen LogP contribution >= 0.6 is 0 Å². The second-order valence-electron chi connectivity index (χ2n) is 6.82. The van der Waals surface area contributed by atoms with Gasteiger partial charge in [0.05, 0.1) is 7.11 Å². The van der Waals surface area contributed by atoms with Gasteiger partial charge in [-0.1, -0.05) is 37.5 Å². The van der Waals surface area contributed by atoms with E-state index in [4.69, 9.17) is 4.74 Å². The number of rotatable bonds is 4. The first-order valence-electron chi connectivity index (χ1n) is 8.72. The van der Waals surface area contributed by atoms with Crippen molar-refractivity contribution >= 4 is 0 Å². The van der Waals surface area contributed by atoms with Gasteiger partial charge < -0.3 is 9.64 Å². The van der Waals surface area contributed by atoms with Gasteiger partial charge in [0.1, 0.15) is 5.75 Å². The van der Waals surface area contributed by atoms with E-state index >= 15 is 0 Å². The molecule has 0 amide bonds. The third-order valence-electron chi connectivity index (χ3n) is 5.41. The number of piperidine rings is 1. The summed E-state index contributed by atoms with van der Waals surface area (Å²) in [6, 6.07) is 8.57. The zero-order chi connectivity index (χ0) is 14.5. The van der Waals surface area contributed by atoms with Gasteiger partial charge in [0, 0.05) is 6.54 Å². The molecule has 0 N–H and O–H groups in total. The summed E-state index contributed by atoms with van der Waals surface area (Å²) in [5.74, 6) is 2.73. The molecule has 0 aromatic heterocycles. The number of likely N-dealkylation sites (tertiary alicyclic amines) is 1. The van der Waals surface area contributed by atoms with Crippen molar-refractivity contribution in [2.24, 2.45) is 5.92 Å². The predicted molar refractivity (Wildman–Crippen MR) is 88.0 cm³/mol. The molecule has 1 aliphatic heterocycles. The summed E-state index contributed by atoms with van der Waals surface area (Å²) in [5, 5.41) is 0. The molecule has 0 bridgehead atoms. The first-order chi connectivity index (χ1) is 10.4. The monoisotopic (exact) mass is 287 g/mol. The standard InChI is InChI=1S/C19H29NO/c1-21-19-10-6-5-9-18(19)17-11-13-20(14-12-17)15-16-7-3-2-4-8-16/h5-6,9-10,16-17H,2-4,7-8,11-15H2,1H3. The van der Waals surface area contributed by atoms with Crippen molar-refractivity contribution in [3.8, 4) is 5.75 Å². The number of benzene rings is 1. The van der Waals surface area contributed by atoms with E-state index in [0.29, 0.717) is 5.92 Å². The summed E-state index contributed by atoms with van der Waals surface area (Å²) in [5.41, 5.74) is 1.41. The van der Waals surface area contributed by atoms with Crippen molar-refractivity contribution in [2.45, 2.75) is 50.9 Å². The zero-order valence-electron chi connectivity index (χ0n) is 13.4.